The van der Waals surface area contributed by atoms with Gasteiger partial charge in [0.05, 0.1) is 6.61 Å². The molecule has 0 atom stereocenters. The highest BCUT2D eigenvalue weighted by atomic mass is 16.5. The minimum absolute atomic E-state index is 0.159. The zero-order chi connectivity index (χ0) is 15.9. The van der Waals surface area contributed by atoms with Crippen molar-refractivity contribution < 1.29 is 9.53 Å². The van der Waals surface area contributed by atoms with Gasteiger partial charge in [-0.2, -0.15) is 0 Å². The predicted molar refractivity (Wildman–Crippen MR) is 90.4 cm³/mol. The SMILES string of the molecule is CCCCOc1cccc(C(=O)Nc2ccc(N)cc2C)c1. The van der Waals surface area contributed by atoms with Crippen LogP contribution in [-0.4, -0.2) is 12.5 Å². The molecule has 0 aliphatic heterocycles. The summed E-state index contributed by atoms with van der Waals surface area (Å²) in [6.07, 6.45) is 2.08. The third kappa shape index (κ3) is 4.25. The number of nitrogens with one attached hydrogen (secondary N) is 1. The van der Waals surface area contributed by atoms with Gasteiger partial charge >= 0.3 is 0 Å². The number of anilines is 2. The summed E-state index contributed by atoms with van der Waals surface area (Å²) in [7, 11) is 0. The predicted octanol–water partition coefficient (Wildman–Crippen LogP) is 4.01. The van der Waals surface area contributed by atoms with Crippen molar-refractivity contribution in [1.82, 2.24) is 0 Å². The lowest BCUT2D eigenvalue weighted by Gasteiger charge is -2.10. The van der Waals surface area contributed by atoms with Gasteiger partial charge in [0.1, 0.15) is 5.75 Å². The van der Waals surface area contributed by atoms with Crippen LogP contribution in [-0.2, 0) is 0 Å². The van der Waals surface area contributed by atoms with Crippen molar-refractivity contribution in [2.45, 2.75) is 26.7 Å². The third-order valence-electron chi connectivity index (χ3n) is 3.36. The van der Waals surface area contributed by atoms with E-state index in [1.165, 1.54) is 0 Å². The Bertz CT molecular complexity index is 653. The molecule has 3 N–H and O–H groups in total. The number of amides is 1. The number of benzene rings is 2. The number of carbonyl (C=O) groups excluding carboxylic acids is 1. The Balaban J connectivity index is 2.07. The molecular weight excluding hydrogens is 276 g/mol. The summed E-state index contributed by atoms with van der Waals surface area (Å²) in [5.74, 6) is 0.559. The van der Waals surface area contributed by atoms with E-state index in [4.69, 9.17) is 10.5 Å². The van der Waals surface area contributed by atoms with E-state index in [9.17, 15) is 4.79 Å². The van der Waals surface area contributed by atoms with Crippen molar-refractivity contribution in [3.05, 3.63) is 53.6 Å². The molecule has 0 radical (unpaired) electrons. The summed E-state index contributed by atoms with van der Waals surface area (Å²) in [6, 6.07) is 12.6. The largest absolute Gasteiger partial charge is 0.494 e. The molecule has 4 nitrogen and oxygen atoms in total. The standard InChI is InChI=1S/C18H22N2O2/c1-3-4-10-22-16-7-5-6-14(12-16)18(21)20-17-9-8-15(19)11-13(17)2/h5-9,11-12H,3-4,10,19H2,1-2H3,(H,20,21). The van der Waals surface area contributed by atoms with Gasteiger partial charge in [0, 0.05) is 16.9 Å². The van der Waals surface area contributed by atoms with Crippen LogP contribution in [0, 0.1) is 6.92 Å². The first-order valence-electron chi connectivity index (χ1n) is 7.50. The molecule has 0 bridgehead atoms. The summed E-state index contributed by atoms with van der Waals surface area (Å²) in [4.78, 5) is 12.3. The molecule has 0 fully saturated rings. The molecule has 2 aromatic rings. The van der Waals surface area contributed by atoms with Crippen molar-refractivity contribution in [2.24, 2.45) is 0 Å². The Morgan fingerprint density at radius 1 is 1.23 bits per heavy atom. The monoisotopic (exact) mass is 298 g/mol. The highest BCUT2D eigenvalue weighted by Gasteiger charge is 2.09. The molecule has 1 amide bonds. The van der Waals surface area contributed by atoms with E-state index in [1.807, 2.05) is 31.2 Å². The fourth-order valence-electron chi connectivity index (χ4n) is 2.08. The Labute approximate surface area is 131 Å². The molecule has 0 saturated carbocycles. The minimum atomic E-state index is -0.159. The van der Waals surface area contributed by atoms with Gasteiger partial charge in [0.2, 0.25) is 0 Å². The maximum Gasteiger partial charge on any atom is 0.255 e. The van der Waals surface area contributed by atoms with Crippen LogP contribution in [0.1, 0.15) is 35.7 Å². The number of rotatable bonds is 6. The quantitative estimate of drug-likeness (QED) is 0.625. The number of ether oxygens (including phenoxy) is 1. The minimum Gasteiger partial charge on any atom is -0.494 e. The number of hydrogen-bond acceptors (Lipinski definition) is 3. The molecule has 4 heteroatoms. The van der Waals surface area contributed by atoms with Crippen LogP contribution in [0.5, 0.6) is 5.75 Å². The van der Waals surface area contributed by atoms with Crippen LogP contribution in [0.2, 0.25) is 0 Å². The molecule has 116 valence electrons. The Kier molecular flexibility index (Phi) is 5.42. The molecule has 0 spiro atoms. The van der Waals surface area contributed by atoms with Gasteiger partial charge in [0.15, 0.2) is 0 Å². The lowest BCUT2D eigenvalue weighted by molar-refractivity contribution is 0.102. The van der Waals surface area contributed by atoms with Crippen LogP contribution in [0.3, 0.4) is 0 Å². The van der Waals surface area contributed by atoms with Crippen molar-refractivity contribution in [3.8, 4) is 5.75 Å². The van der Waals surface area contributed by atoms with Crippen LogP contribution in [0.4, 0.5) is 11.4 Å². The molecular formula is C18H22N2O2. The van der Waals surface area contributed by atoms with Gasteiger partial charge in [-0.25, -0.2) is 0 Å². The molecule has 0 saturated heterocycles. The van der Waals surface area contributed by atoms with E-state index in [0.29, 0.717) is 17.9 Å². The van der Waals surface area contributed by atoms with Gasteiger partial charge in [0.25, 0.3) is 5.91 Å². The van der Waals surface area contributed by atoms with Crippen molar-refractivity contribution in [3.63, 3.8) is 0 Å². The highest BCUT2D eigenvalue weighted by molar-refractivity contribution is 6.04. The molecule has 0 aromatic heterocycles. The van der Waals surface area contributed by atoms with E-state index >= 15 is 0 Å². The molecule has 22 heavy (non-hydrogen) atoms. The first-order valence-corrected chi connectivity index (χ1v) is 7.50. The molecule has 0 aliphatic rings. The second-order valence-electron chi connectivity index (χ2n) is 5.26. The number of nitrogen functional groups attached to an aromatic ring is 1. The lowest BCUT2D eigenvalue weighted by Crippen LogP contribution is -2.13. The zero-order valence-electron chi connectivity index (χ0n) is 13.1. The first-order chi connectivity index (χ1) is 10.6. The van der Waals surface area contributed by atoms with E-state index in [0.717, 1.165) is 29.8 Å². The third-order valence-corrected chi connectivity index (χ3v) is 3.36. The van der Waals surface area contributed by atoms with Gasteiger partial charge < -0.3 is 15.8 Å². The summed E-state index contributed by atoms with van der Waals surface area (Å²) in [5, 5.41) is 2.90. The molecule has 0 unspecified atom stereocenters. The lowest BCUT2D eigenvalue weighted by atomic mass is 10.1. The Morgan fingerprint density at radius 2 is 2.05 bits per heavy atom. The first kappa shape index (κ1) is 15.9. The van der Waals surface area contributed by atoms with Crippen LogP contribution in [0.15, 0.2) is 42.5 Å². The van der Waals surface area contributed by atoms with Gasteiger partial charge in [-0.05, 0) is 55.3 Å². The summed E-state index contributed by atoms with van der Waals surface area (Å²) >= 11 is 0. The normalized spacial score (nSPS) is 10.3. The van der Waals surface area contributed by atoms with E-state index < -0.39 is 0 Å². The van der Waals surface area contributed by atoms with E-state index in [1.54, 1.807) is 18.2 Å². The average Bonchev–Trinajstić information content (AvgIpc) is 2.50. The number of hydrogen-bond donors (Lipinski definition) is 2. The Morgan fingerprint density at radius 3 is 2.77 bits per heavy atom. The summed E-state index contributed by atoms with van der Waals surface area (Å²) in [5.41, 5.74) is 8.67. The van der Waals surface area contributed by atoms with Crippen LogP contribution < -0.4 is 15.8 Å². The van der Waals surface area contributed by atoms with Gasteiger partial charge in [-0.3, -0.25) is 4.79 Å². The second kappa shape index (κ2) is 7.50. The maximum absolute atomic E-state index is 12.3. The van der Waals surface area contributed by atoms with Gasteiger partial charge in [-0.15, -0.1) is 0 Å². The fraction of sp³-hybridized carbons (Fsp3) is 0.278. The fourth-order valence-corrected chi connectivity index (χ4v) is 2.08. The van der Waals surface area contributed by atoms with Crippen molar-refractivity contribution in [2.75, 3.05) is 17.7 Å². The molecule has 0 aliphatic carbocycles. The summed E-state index contributed by atoms with van der Waals surface area (Å²) < 4.78 is 5.63. The van der Waals surface area contributed by atoms with E-state index in [-0.39, 0.29) is 5.91 Å². The highest BCUT2D eigenvalue weighted by Crippen LogP contribution is 2.20. The number of aryl methyl sites for hydroxylation is 1. The van der Waals surface area contributed by atoms with Crippen LogP contribution >= 0.6 is 0 Å². The zero-order valence-corrected chi connectivity index (χ0v) is 13.1. The number of carbonyl (C=O) groups is 1. The number of nitrogens with two attached hydrogens (primary N) is 1. The topological polar surface area (TPSA) is 64.3 Å². The van der Waals surface area contributed by atoms with Crippen molar-refractivity contribution in [1.29, 1.82) is 0 Å². The smallest absolute Gasteiger partial charge is 0.255 e. The number of unbranched alkanes of at least 4 members (excludes halogenated alkanes) is 1. The van der Waals surface area contributed by atoms with Gasteiger partial charge in [-0.1, -0.05) is 19.4 Å². The second-order valence-corrected chi connectivity index (χ2v) is 5.26. The van der Waals surface area contributed by atoms with Crippen LogP contribution in [0.25, 0.3) is 0 Å². The summed E-state index contributed by atoms with van der Waals surface area (Å²) in [6.45, 7) is 4.69. The molecule has 2 aromatic carbocycles. The van der Waals surface area contributed by atoms with Crippen molar-refractivity contribution >= 4 is 17.3 Å². The average molecular weight is 298 g/mol. The van der Waals surface area contributed by atoms with E-state index in [2.05, 4.69) is 12.2 Å². The Hall–Kier alpha value is -2.49. The molecule has 0 heterocycles. The maximum atomic E-state index is 12.3. The molecule has 2 rings (SSSR count).